The van der Waals surface area contributed by atoms with Crippen molar-refractivity contribution in [1.82, 2.24) is 10.2 Å². The van der Waals surface area contributed by atoms with Crippen LogP contribution in [0.15, 0.2) is 36.4 Å². The first-order valence-electron chi connectivity index (χ1n) is 9.00. The summed E-state index contributed by atoms with van der Waals surface area (Å²) in [6, 6.07) is 8.08. The second kappa shape index (κ2) is 10.7. The molecule has 10 heteroatoms. The Bertz CT molecular complexity index is 949. The van der Waals surface area contributed by atoms with E-state index in [1.54, 1.807) is 22.6 Å². The van der Waals surface area contributed by atoms with Gasteiger partial charge in [0.05, 0.1) is 17.7 Å². The second-order valence-electron chi connectivity index (χ2n) is 6.39. The van der Waals surface area contributed by atoms with E-state index in [2.05, 4.69) is 5.32 Å². The summed E-state index contributed by atoms with van der Waals surface area (Å²) in [5.41, 5.74) is -0.165. The fourth-order valence-corrected chi connectivity index (χ4v) is 3.13. The lowest BCUT2D eigenvalue weighted by atomic mass is 10.1. The van der Waals surface area contributed by atoms with Gasteiger partial charge in [-0.25, -0.2) is 0 Å². The third-order valence-electron chi connectivity index (χ3n) is 4.25. The summed E-state index contributed by atoms with van der Waals surface area (Å²) in [4.78, 5) is 37.5. The van der Waals surface area contributed by atoms with Crippen LogP contribution in [-0.2, 0) is 4.79 Å². The van der Waals surface area contributed by atoms with Crippen molar-refractivity contribution in [3.05, 3.63) is 47.5 Å². The second-order valence-corrected chi connectivity index (χ2v) is 7.59. The molecule has 0 unspecified atom stereocenters. The van der Waals surface area contributed by atoms with Crippen molar-refractivity contribution in [2.24, 2.45) is 0 Å². The van der Waals surface area contributed by atoms with Gasteiger partial charge in [0, 0.05) is 35.7 Å². The smallest absolute Gasteiger partial charge is 0.258 e. The molecule has 0 saturated carbocycles. The van der Waals surface area contributed by atoms with Crippen LogP contribution in [0.3, 0.4) is 0 Å². The van der Waals surface area contributed by atoms with E-state index in [1.807, 2.05) is 0 Å². The third-order valence-corrected chi connectivity index (χ3v) is 4.59. The number of phenols is 4. The summed E-state index contributed by atoms with van der Waals surface area (Å²) in [5.74, 6) is -3.02. The van der Waals surface area contributed by atoms with E-state index in [0.717, 1.165) is 0 Å². The largest absolute Gasteiger partial charge is 0.504 e. The van der Waals surface area contributed by atoms with E-state index in [9.17, 15) is 34.8 Å². The summed E-state index contributed by atoms with van der Waals surface area (Å²) in [5, 5.41) is 41.2. The van der Waals surface area contributed by atoms with Crippen molar-refractivity contribution in [2.75, 3.05) is 19.6 Å². The molecule has 0 aromatic heterocycles. The molecule has 0 spiro atoms. The molecule has 0 bridgehead atoms. The maximum absolute atomic E-state index is 12.7. The van der Waals surface area contributed by atoms with Crippen molar-refractivity contribution in [3.63, 3.8) is 0 Å². The van der Waals surface area contributed by atoms with Crippen molar-refractivity contribution in [3.8, 4) is 23.0 Å². The highest BCUT2D eigenvalue weighted by molar-refractivity contribution is 14.1. The molecule has 0 aliphatic heterocycles. The van der Waals surface area contributed by atoms with Crippen molar-refractivity contribution < 1.29 is 34.8 Å². The van der Waals surface area contributed by atoms with Crippen LogP contribution < -0.4 is 5.32 Å². The van der Waals surface area contributed by atoms with E-state index in [4.69, 9.17) is 0 Å². The predicted molar refractivity (Wildman–Crippen MR) is 116 cm³/mol. The zero-order valence-electron chi connectivity index (χ0n) is 15.8. The van der Waals surface area contributed by atoms with E-state index >= 15 is 0 Å². The van der Waals surface area contributed by atoms with Gasteiger partial charge < -0.3 is 30.6 Å². The fourth-order valence-electron chi connectivity index (χ4n) is 2.72. The molecule has 0 saturated heterocycles. The van der Waals surface area contributed by atoms with Gasteiger partial charge in [-0.1, -0.05) is 12.1 Å². The Labute approximate surface area is 186 Å². The van der Waals surface area contributed by atoms with Crippen molar-refractivity contribution in [1.29, 1.82) is 0 Å². The standard InChI is InChI=1S/C20H21IN2O7/c21-16(26)11-23(20(30)13-6-4-8-15(25)18(13)28)10-2-1-9-22-19(29)12-5-3-7-14(24)17(12)27/h3-8,24-25,27-28H,1-2,9-11H2,(H,22,29). The summed E-state index contributed by atoms with van der Waals surface area (Å²) in [6.45, 7) is 0.263. The summed E-state index contributed by atoms with van der Waals surface area (Å²) in [7, 11) is 0. The molecular formula is C20H21IN2O7. The molecule has 2 rings (SSSR count). The van der Waals surface area contributed by atoms with E-state index in [1.165, 1.54) is 41.3 Å². The van der Waals surface area contributed by atoms with Crippen molar-refractivity contribution >= 4 is 38.2 Å². The number of hydrogen-bond acceptors (Lipinski definition) is 7. The molecule has 0 atom stereocenters. The zero-order valence-corrected chi connectivity index (χ0v) is 18.0. The first-order chi connectivity index (χ1) is 14.2. The number of nitrogens with one attached hydrogen (secondary N) is 1. The van der Waals surface area contributed by atoms with Gasteiger partial charge in [0.25, 0.3) is 11.8 Å². The number of nitrogens with zero attached hydrogens (tertiary/aromatic N) is 1. The number of aromatic hydroxyl groups is 4. The summed E-state index contributed by atoms with van der Waals surface area (Å²) in [6.07, 6.45) is 0.915. The molecule has 2 amide bonds. The van der Waals surface area contributed by atoms with Gasteiger partial charge >= 0.3 is 0 Å². The van der Waals surface area contributed by atoms with E-state index < -0.39 is 34.8 Å². The minimum absolute atomic E-state index is 0.0540. The summed E-state index contributed by atoms with van der Waals surface area (Å²) >= 11 is 1.57. The lowest BCUT2D eigenvalue weighted by molar-refractivity contribution is -0.110. The number of carbonyl (C=O) groups is 3. The number of unbranched alkanes of at least 4 members (excludes halogenated alkanes) is 1. The van der Waals surface area contributed by atoms with E-state index in [-0.39, 0.29) is 34.6 Å². The molecule has 2 aromatic rings. The van der Waals surface area contributed by atoms with Crippen LogP contribution in [0, 0.1) is 0 Å². The Morgan fingerprint density at radius 3 is 2.03 bits per heavy atom. The van der Waals surface area contributed by atoms with Gasteiger partial charge in [0.1, 0.15) is 0 Å². The molecule has 9 nitrogen and oxygen atoms in total. The van der Waals surface area contributed by atoms with Crippen LogP contribution in [-0.4, -0.2) is 60.6 Å². The average Bonchev–Trinajstić information content (AvgIpc) is 2.70. The monoisotopic (exact) mass is 528 g/mol. The molecule has 5 N–H and O–H groups in total. The minimum atomic E-state index is -0.595. The van der Waals surface area contributed by atoms with Crippen molar-refractivity contribution in [2.45, 2.75) is 12.8 Å². The lowest BCUT2D eigenvalue weighted by Crippen LogP contribution is -2.35. The van der Waals surface area contributed by atoms with Crippen LogP contribution in [0.5, 0.6) is 23.0 Å². The number of benzene rings is 2. The highest BCUT2D eigenvalue weighted by Gasteiger charge is 2.22. The Kier molecular flexibility index (Phi) is 8.27. The number of carbonyl (C=O) groups excluding carboxylic acids is 3. The van der Waals surface area contributed by atoms with Crippen LogP contribution in [0.4, 0.5) is 0 Å². The molecule has 0 aliphatic carbocycles. The Morgan fingerprint density at radius 1 is 0.867 bits per heavy atom. The molecule has 2 aromatic carbocycles. The normalized spacial score (nSPS) is 10.4. The highest BCUT2D eigenvalue weighted by atomic mass is 127. The number of rotatable bonds is 9. The summed E-state index contributed by atoms with van der Waals surface area (Å²) < 4.78 is -0.270. The molecule has 160 valence electrons. The number of para-hydroxylation sites is 2. The maximum atomic E-state index is 12.7. The molecule has 0 radical (unpaired) electrons. The molecule has 0 fully saturated rings. The van der Waals surface area contributed by atoms with Crippen LogP contribution >= 0.6 is 22.6 Å². The van der Waals surface area contributed by atoms with Crippen LogP contribution in [0.1, 0.15) is 33.6 Å². The molecule has 0 aliphatic rings. The molecule has 30 heavy (non-hydrogen) atoms. The topological polar surface area (TPSA) is 147 Å². The SMILES string of the molecule is O=C(I)CN(CCCCNC(=O)c1cccc(O)c1O)C(=O)c1cccc(O)c1O. The average molecular weight is 528 g/mol. The fraction of sp³-hybridized carbons (Fsp3) is 0.250. The first-order valence-corrected chi connectivity index (χ1v) is 10.1. The van der Waals surface area contributed by atoms with Gasteiger partial charge in [-0.2, -0.15) is 0 Å². The van der Waals surface area contributed by atoms with Gasteiger partial charge in [0.15, 0.2) is 23.0 Å². The highest BCUT2D eigenvalue weighted by Crippen LogP contribution is 2.29. The number of phenolic OH excluding ortho intramolecular Hbond substituents is 4. The Balaban J connectivity index is 1.91. The quantitative estimate of drug-likeness (QED) is 0.145. The van der Waals surface area contributed by atoms with Gasteiger partial charge in [0.2, 0.25) is 3.79 Å². The third kappa shape index (κ3) is 5.99. The molecule has 0 heterocycles. The van der Waals surface area contributed by atoms with Gasteiger partial charge in [-0.3, -0.25) is 14.4 Å². The minimum Gasteiger partial charge on any atom is -0.504 e. The zero-order chi connectivity index (χ0) is 22.3. The predicted octanol–water partition coefficient (Wildman–Crippen LogP) is 2.12. The maximum Gasteiger partial charge on any atom is 0.258 e. The number of hydrogen-bond donors (Lipinski definition) is 5. The number of amides is 2. The Hall–Kier alpha value is -3.02. The van der Waals surface area contributed by atoms with Crippen LogP contribution in [0.25, 0.3) is 0 Å². The van der Waals surface area contributed by atoms with E-state index in [0.29, 0.717) is 12.8 Å². The number of halogens is 1. The van der Waals surface area contributed by atoms with Gasteiger partial charge in [-0.05, 0) is 37.1 Å². The molecular weight excluding hydrogens is 507 g/mol. The first kappa shape index (κ1) is 23.3. The lowest BCUT2D eigenvalue weighted by Gasteiger charge is -2.21. The Morgan fingerprint density at radius 2 is 1.43 bits per heavy atom. The van der Waals surface area contributed by atoms with Gasteiger partial charge in [-0.15, -0.1) is 0 Å². The van der Waals surface area contributed by atoms with Crippen LogP contribution in [0.2, 0.25) is 0 Å².